The van der Waals surface area contributed by atoms with Crippen LogP contribution >= 0.6 is 15.9 Å². The van der Waals surface area contributed by atoms with E-state index < -0.39 is 5.82 Å². The van der Waals surface area contributed by atoms with E-state index in [1.807, 2.05) is 0 Å². The molecule has 1 aromatic carbocycles. The zero-order valence-electron chi connectivity index (χ0n) is 8.52. The Kier molecular flexibility index (Phi) is 3.35. The van der Waals surface area contributed by atoms with Crippen LogP contribution in [-0.4, -0.2) is 4.98 Å². The van der Waals surface area contributed by atoms with Crippen LogP contribution in [0.4, 0.5) is 4.39 Å². The van der Waals surface area contributed by atoms with Gasteiger partial charge in [0, 0.05) is 6.20 Å². The van der Waals surface area contributed by atoms with Gasteiger partial charge in [-0.1, -0.05) is 6.07 Å². The first-order valence-electron chi connectivity index (χ1n) is 4.69. The van der Waals surface area contributed by atoms with Gasteiger partial charge in [0.1, 0.15) is 23.2 Å². The van der Waals surface area contributed by atoms with Gasteiger partial charge in [-0.25, -0.2) is 9.37 Å². The average molecular weight is 293 g/mol. The molecule has 0 aliphatic carbocycles. The smallest absolute Gasteiger partial charge is 0.233 e. The highest BCUT2D eigenvalue weighted by Crippen LogP contribution is 2.29. The van der Waals surface area contributed by atoms with Gasteiger partial charge in [-0.3, -0.25) is 0 Å². The van der Waals surface area contributed by atoms with Crippen molar-refractivity contribution in [3.05, 3.63) is 52.4 Å². The molecule has 0 saturated heterocycles. The van der Waals surface area contributed by atoms with Crippen molar-refractivity contribution in [2.75, 3.05) is 0 Å². The molecule has 0 aliphatic rings. The number of rotatable bonds is 2. The Labute approximate surface area is 106 Å². The maximum atomic E-state index is 13.3. The van der Waals surface area contributed by atoms with Crippen molar-refractivity contribution >= 4 is 15.9 Å². The Hall–Kier alpha value is -1.93. The Morgan fingerprint density at radius 2 is 2.12 bits per heavy atom. The van der Waals surface area contributed by atoms with E-state index in [4.69, 9.17) is 10.00 Å². The predicted molar refractivity (Wildman–Crippen MR) is 63.1 cm³/mol. The summed E-state index contributed by atoms with van der Waals surface area (Å²) in [6.45, 7) is 0. The normalized spacial score (nSPS) is 9.71. The van der Waals surface area contributed by atoms with E-state index in [1.54, 1.807) is 24.4 Å². The summed E-state index contributed by atoms with van der Waals surface area (Å²) in [6, 6.07) is 9.43. The summed E-state index contributed by atoms with van der Waals surface area (Å²) in [4.78, 5) is 3.98. The van der Waals surface area contributed by atoms with Crippen molar-refractivity contribution in [1.82, 2.24) is 4.98 Å². The minimum atomic E-state index is -0.614. The number of nitriles is 1. The molecule has 84 valence electrons. The molecule has 2 rings (SSSR count). The SMILES string of the molecule is N#Cc1c(F)cccc1Oc1ncccc1Br. The number of hydrogen-bond donors (Lipinski definition) is 0. The van der Waals surface area contributed by atoms with Gasteiger partial charge in [0.15, 0.2) is 0 Å². The molecule has 2 aromatic rings. The van der Waals surface area contributed by atoms with E-state index in [2.05, 4.69) is 20.9 Å². The monoisotopic (exact) mass is 292 g/mol. The van der Waals surface area contributed by atoms with Gasteiger partial charge in [-0.05, 0) is 40.2 Å². The van der Waals surface area contributed by atoms with Crippen molar-refractivity contribution in [2.24, 2.45) is 0 Å². The van der Waals surface area contributed by atoms with Crippen molar-refractivity contribution in [3.63, 3.8) is 0 Å². The van der Waals surface area contributed by atoms with Gasteiger partial charge in [0.25, 0.3) is 0 Å². The molecule has 0 amide bonds. The molecular weight excluding hydrogens is 287 g/mol. The Balaban J connectivity index is 2.41. The summed E-state index contributed by atoms with van der Waals surface area (Å²) < 4.78 is 19.3. The number of halogens is 2. The van der Waals surface area contributed by atoms with Crippen LogP contribution in [0, 0.1) is 17.1 Å². The van der Waals surface area contributed by atoms with Crippen molar-refractivity contribution in [1.29, 1.82) is 5.26 Å². The molecule has 0 N–H and O–H groups in total. The number of nitrogens with zero attached hydrogens (tertiary/aromatic N) is 2. The van der Waals surface area contributed by atoms with E-state index in [0.29, 0.717) is 4.47 Å². The third-order valence-electron chi connectivity index (χ3n) is 2.02. The van der Waals surface area contributed by atoms with Crippen molar-refractivity contribution in [2.45, 2.75) is 0 Å². The second kappa shape index (κ2) is 4.93. The molecule has 0 unspecified atom stereocenters. The molecule has 1 heterocycles. The lowest BCUT2D eigenvalue weighted by Gasteiger charge is -2.07. The molecule has 1 aromatic heterocycles. The topological polar surface area (TPSA) is 45.9 Å². The van der Waals surface area contributed by atoms with Gasteiger partial charge >= 0.3 is 0 Å². The van der Waals surface area contributed by atoms with E-state index in [9.17, 15) is 4.39 Å². The fourth-order valence-corrected chi connectivity index (χ4v) is 1.58. The Morgan fingerprint density at radius 3 is 2.82 bits per heavy atom. The highest BCUT2D eigenvalue weighted by molar-refractivity contribution is 9.10. The summed E-state index contributed by atoms with van der Waals surface area (Å²) >= 11 is 3.25. The standard InChI is InChI=1S/C12H6BrFN2O/c13-9-3-2-6-16-12(9)17-11-5-1-4-10(14)8(11)7-15/h1-6H. The van der Waals surface area contributed by atoms with E-state index >= 15 is 0 Å². The third-order valence-corrected chi connectivity index (χ3v) is 2.62. The molecule has 3 nitrogen and oxygen atoms in total. The average Bonchev–Trinajstić information content (AvgIpc) is 2.32. The van der Waals surface area contributed by atoms with Gasteiger partial charge in [0.05, 0.1) is 4.47 Å². The molecule has 0 saturated carbocycles. The van der Waals surface area contributed by atoms with Gasteiger partial charge in [-0.15, -0.1) is 0 Å². The van der Waals surface area contributed by atoms with E-state index in [1.165, 1.54) is 18.2 Å². The number of benzene rings is 1. The molecule has 0 aliphatic heterocycles. The number of ether oxygens (including phenoxy) is 1. The minimum absolute atomic E-state index is 0.134. The lowest BCUT2D eigenvalue weighted by molar-refractivity contribution is 0.453. The maximum absolute atomic E-state index is 13.3. The zero-order chi connectivity index (χ0) is 12.3. The van der Waals surface area contributed by atoms with Crippen LogP contribution in [0.15, 0.2) is 41.0 Å². The maximum Gasteiger partial charge on any atom is 0.233 e. The minimum Gasteiger partial charge on any atom is -0.436 e. The van der Waals surface area contributed by atoms with Crippen LogP contribution in [0.25, 0.3) is 0 Å². The molecule has 0 bridgehead atoms. The number of pyridine rings is 1. The second-order valence-corrected chi connectivity index (χ2v) is 3.97. The summed E-state index contributed by atoms with van der Waals surface area (Å²) in [5, 5.41) is 8.84. The first-order chi connectivity index (χ1) is 8.22. The lowest BCUT2D eigenvalue weighted by atomic mass is 10.2. The largest absolute Gasteiger partial charge is 0.436 e. The highest BCUT2D eigenvalue weighted by atomic mass is 79.9. The molecule has 5 heteroatoms. The van der Waals surface area contributed by atoms with Gasteiger partial charge in [-0.2, -0.15) is 5.26 Å². The summed E-state index contributed by atoms with van der Waals surface area (Å²) in [5.41, 5.74) is -0.134. The second-order valence-electron chi connectivity index (χ2n) is 3.12. The van der Waals surface area contributed by atoms with Crippen LogP contribution in [0.5, 0.6) is 11.6 Å². The van der Waals surface area contributed by atoms with Crippen LogP contribution < -0.4 is 4.74 Å². The van der Waals surface area contributed by atoms with Crippen LogP contribution in [0.1, 0.15) is 5.56 Å². The van der Waals surface area contributed by atoms with Crippen molar-refractivity contribution < 1.29 is 9.13 Å². The first-order valence-corrected chi connectivity index (χ1v) is 5.48. The molecule has 17 heavy (non-hydrogen) atoms. The van der Waals surface area contributed by atoms with Crippen LogP contribution in [-0.2, 0) is 0 Å². The van der Waals surface area contributed by atoms with Crippen LogP contribution in [0.2, 0.25) is 0 Å². The number of aromatic nitrogens is 1. The molecule has 0 atom stereocenters. The third kappa shape index (κ3) is 2.43. The first kappa shape index (κ1) is 11.6. The summed E-state index contributed by atoms with van der Waals surface area (Å²) in [5.74, 6) is -0.182. The Bertz CT molecular complexity index is 595. The fraction of sp³-hybridized carbons (Fsp3) is 0. The quantitative estimate of drug-likeness (QED) is 0.849. The summed E-state index contributed by atoms with van der Waals surface area (Å²) in [6.07, 6.45) is 1.55. The zero-order valence-corrected chi connectivity index (χ0v) is 10.1. The van der Waals surface area contributed by atoms with Gasteiger partial charge < -0.3 is 4.74 Å². The molecule has 0 spiro atoms. The van der Waals surface area contributed by atoms with Gasteiger partial charge in [0.2, 0.25) is 5.88 Å². The highest BCUT2D eigenvalue weighted by Gasteiger charge is 2.11. The Morgan fingerprint density at radius 1 is 1.29 bits per heavy atom. The summed E-state index contributed by atoms with van der Waals surface area (Å²) in [7, 11) is 0. The van der Waals surface area contributed by atoms with E-state index in [0.717, 1.165) is 0 Å². The van der Waals surface area contributed by atoms with E-state index in [-0.39, 0.29) is 17.2 Å². The van der Waals surface area contributed by atoms with Crippen molar-refractivity contribution in [3.8, 4) is 17.7 Å². The lowest BCUT2D eigenvalue weighted by Crippen LogP contribution is -1.93. The fourth-order valence-electron chi connectivity index (χ4n) is 1.25. The predicted octanol–water partition coefficient (Wildman–Crippen LogP) is 3.65. The molecule has 0 fully saturated rings. The molecular formula is C12H6BrFN2O. The number of hydrogen-bond acceptors (Lipinski definition) is 3. The van der Waals surface area contributed by atoms with Crippen LogP contribution in [0.3, 0.4) is 0 Å². The molecule has 0 radical (unpaired) electrons.